The Kier molecular flexibility index (Phi) is 6.21. The van der Waals surface area contributed by atoms with Crippen LogP contribution in [0.25, 0.3) is 17.1 Å². The van der Waals surface area contributed by atoms with Crippen molar-refractivity contribution in [3.05, 3.63) is 69.4 Å². The van der Waals surface area contributed by atoms with Crippen molar-refractivity contribution in [1.82, 2.24) is 13.9 Å². The van der Waals surface area contributed by atoms with Crippen LogP contribution in [-0.4, -0.2) is 42.2 Å². The van der Waals surface area contributed by atoms with Gasteiger partial charge in [0.25, 0.3) is 0 Å². The minimum Gasteiger partial charge on any atom is -0.381 e. The molecule has 0 radical (unpaired) electrons. The van der Waals surface area contributed by atoms with Gasteiger partial charge in [0.15, 0.2) is 5.84 Å². The van der Waals surface area contributed by atoms with Crippen LogP contribution in [0.1, 0.15) is 5.69 Å². The molecule has 3 aromatic rings. The molecule has 1 aromatic heterocycles. The van der Waals surface area contributed by atoms with Gasteiger partial charge in [0.05, 0.1) is 5.02 Å². The van der Waals surface area contributed by atoms with Gasteiger partial charge < -0.3 is 5.73 Å². The molecule has 0 saturated carbocycles. The number of imidazole rings is 1. The van der Waals surface area contributed by atoms with Gasteiger partial charge in [-0.05, 0) is 42.5 Å². The van der Waals surface area contributed by atoms with Crippen LogP contribution in [-0.2, 0) is 10.2 Å². The molecular weight excluding hydrogens is 457 g/mol. The van der Waals surface area contributed by atoms with Crippen LogP contribution < -0.4 is 5.73 Å². The third-order valence-electron chi connectivity index (χ3n) is 3.92. The van der Waals surface area contributed by atoms with Crippen LogP contribution >= 0.6 is 34.8 Å². The van der Waals surface area contributed by atoms with Crippen LogP contribution in [0.3, 0.4) is 0 Å². The summed E-state index contributed by atoms with van der Waals surface area (Å²) >= 11 is 18.3. The molecular formula is C18H16Cl3N5O2S. The predicted octanol–water partition coefficient (Wildman–Crippen LogP) is 4.01. The zero-order chi connectivity index (χ0) is 21.3. The lowest BCUT2D eigenvalue weighted by Gasteiger charge is -2.09. The Morgan fingerprint density at radius 2 is 1.69 bits per heavy atom. The van der Waals surface area contributed by atoms with Gasteiger partial charge in [-0.15, -0.1) is 4.40 Å². The lowest BCUT2D eigenvalue weighted by Crippen LogP contribution is -2.24. The smallest absolute Gasteiger partial charge is 0.323 e. The van der Waals surface area contributed by atoms with E-state index in [-0.39, 0.29) is 11.5 Å². The Morgan fingerprint density at radius 1 is 1.07 bits per heavy atom. The highest BCUT2D eigenvalue weighted by atomic mass is 35.5. The van der Waals surface area contributed by atoms with Crippen molar-refractivity contribution in [2.24, 2.45) is 10.1 Å². The van der Waals surface area contributed by atoms with E-state index in [0.29, 0.717) is 26.5 Å². The van der Waals surface area contributed by atoms with Gasteiger partial charge >= 0.3 is 10.2 Å². The van der Waals surface area contributed by atoms with Gasteiger partial charge in [-0.2, -0.15) is 12.7 Å². The molecule has 0 aliphatic heterocycles. The van der Waals surface area contributed by atoms with Crippen molar-refractivity contribution in [2.45, 2.75) is 0 Å². The third kappa shape index (κ3) is 4.73. The van der Waals surface area contributed by atoms with E-state index in [9.17, 15) is 8.42 Å². The Bertz CT molecular complexity index is 1190. The SMILES string of the molecule is CN(C)S(=O)(=O)/N=C(\N)c1cn(-c2ccc(Cl)cc2)c(-c2ccc(Cl)cc2Cl)n1. The first-order chi connectivity index (χ1) is 13.6. The molecule has 0 spiro atoms. The molecule has 0 unspecified atom stereocenters. The first-order valence-electron chi connectivity index (χ1n) is 8.17. The lowest BCUT2D eigenvalue weighted by molar-refractivity contribution is 0.523. The van der Waals surface area contributed by atoms with Gasteiger partial charge in [-0.3, -0.25) is 4.57 Å². The van der Waals surface area contributed by atoms with Crippen molar-refractivity contribution in [3.8, 4) is 17.1 Å². The fourth-order valence-corrected chi connectivity index (χ4v) is 3.54. The van der Waals surface area contributed by atoms with E-state index in [4.69, 9.17) is 40.5 Å². The summed E-state index contributed by atoms with van der Waals surface area (Å²) in [4.78, 5) is 4.48. The molecule has 1 heterocycles. The van der Waals surface area contributed by atoms with Gasteiger partial charge in [0, 0.05) is 41.6 Å². The standard InChI is InChI=1S/C18H16Cl3N5O2S/c1-25(2)29(27,28)24-17(22)16-10-26(13-6-3-11(19)4-7-13)18(23-16)14-8-5-12(20)9-15(14)21/h3-10H,1-2H3,(H2,22,24). The predicted molar refractivity (Wildman–Crippen MR) is 117 cm³/mol. The quantitative estimate of drug-likeness (QED) is 0.448. The summed E-state index contributed by atoms with van der Waals surface area (Å²) in [5.74, 6) is 0.183. The Labute approximate surface area is 183 Å². The van der Waals surface area contributed by atoms with E-state index >= 15 is 0 Å². The maximum Gasteiger partial charge on any atom is 0.323 e. The number of amidine groups is 1. The maximum absolute atomic E-state index is 12.0. The van der Waals surface area contributed by atoms with E-state index in [1.807, 2.05) is 0 Å². The van der Waals surface area contributed by atoms with Gasteiger partial charge in [0.1, 0.15) is 11.5 Å². The molecule has 0 aliphatic carbocycles. The second-order valence-corrected chi connectivity index (χ2v) is 9.25. The largest absolute Gasteiger partial charge is 0.381 e. The number of aromatic nitrogens is 2. The normalized spacial score (nSPS) is 12.6. The number of nitrogens with two attached hydrogens (primary N) is 1. The molecule has 11 heteroatoms. The van der Waals surface area contributed by atoms with Crippen LogP contribution in [0.2, 0.25) is 15.1 Å². The zero-order valence-electron chi connectivity index (χ0n) is 15.3. The molecule has 2 N–H and O–H groups in total. The fourth-order valence-electron chi connectivity index (χ4n) is 2.42. The fraction of sp³-hybridized carbons (Fsp3) is 0.111. The van der Waals surface area contributed by atoms with Crippen molar-refractivity contribution in [1.29, 1.82) is 0 Å². The first kappa shape index (κ1) is 21.6. The van der Waals surface area contributed by atoms with Crippen LogP contribution in [0.4, 0.5) is 0 Å². The summed E-state index contributed by atoms with van der Waals surface area (Å²) in [5, 5.41) is 1.42. The summed E-state index contributed by atoms with van der Waals surface area (Å²) in [7, 11) is -1.19. The van der Waals surface area contributed by atoms with Gasteiger partial charge in [0.2, 0.25) is 0 Å². The van der Waals surface area contributed by atoms with Crippen LogP contribution in [0, 0.1) is 0 Å². The molecule has 0 amide bonds. The second kappa shape index (κ2) is 8.33. The van der Waals surface area contributed by atoms with Crippen molar-refractivity contribution in [3.63, 3.8) is 0 Å². The highest BCUT2D eigenvalue weighted by Crippen LogP contribution is 2.31. The minimum absolute atomic E-state index is 0.173. The summed E-state index contributed by atoms with van der Waals surface area (Å²) in [6.45, 7) is 0. The molecule has 7 nitrogen and oxygen atoms in total. The molecule has 0 aliphatic rings. The number of nitrogens with zero attached hydrogens (tertiary/aromatic N) is 4. The van der Waals surface area contributed by atoms with Crippen molar-refractivity contribution >= 4 is 50.8 Å². The number of hydrogen-bond donors (Lipinski definition) is 1. The monoisotopic (exact) mass is 471 g/mol. The average Bonchev–Trinajstić information content (AvgIpc) is 3.07. The second-order valence-electron chi connectivity index (χ2n) is 6.16. The van der Waals surface area contributed by atoms with Crippen molar-refractivity contribution in [2.75, 3.05) is 14.1 Å². The van der Waals surface area contributed by atoms with E-state index in [2.05, 4.69) is 9.38 Å². The topological polar surface area (TPSA) is 93.6 Å². The van der Waals surface area contributed by atoms with Gasteiger partial charge in [-0.1, -0.05) is 34.8 Å². The number of hydrogen-bond acceptors (Lipinski definition) is 3. The summed E-state index contributed by atoms with van der Waals surface area (Å²) in [6, 6.07) is 12.0. The Morgan fingerprint density at radius 3 is 2.28 bits per heavy atom. The van der Waals surface area contributed by atoms with Crippen molar-refractivity contribution < 1.29 is 8.42 Å². The summed E-state index contributed by atoms with van der Waals surface area (Å²) in [5.41, 5.74) is 7.41. The molecule has 3 rings (SSSR count). The molecule has 152 valence electrons. The van der Waals surface area contributed by atoms with Gasteiger partial charge in [-0.25, -0.2) is 4.98 Å². The first-order valence-corrected chi connectivity index (χ1v) is 10.7. The molecule has 2 aromatic carbocycles. The third-order valence-corrected chi connectivity index (χ3v) is 6.07. The van der Waals surface area contributed by atoms with E-state index in [1.54, 1.807) is 53.2 Å². The highest BCUT2D eigenvalue weighted by Gasteiger charge is 2.19. The Hall–Kier alpha value is -2.10. The molecule has 0 bridgehead atoms. The van der Waals surface area contributed by atoms with Crippen LogP contribution in [0.15, 0.2) is 53.1 Å². The minimum atomic E-state index is -3.91. The molecule has 29 heavy (non-hydrogen) atoms. The molecule has 0 saturated heterocycles. The van der Waals surface area contributed by atoms with Crippen LogP contribution in [0.5, 0.6) is 0 Å². The molecule has 0 fully saturated rings. The van der Waals surface area contributed by atoms with E-state index in [0.717, 1.165) is 9.99 Å². The number of rotatable bonds is 5. The molecule has 0 atom stereocenters. The average molecular weight is 473 g/mol. The summed E-state index contributed by atoms with van der Waals surface area (Å²) < 4.78 is 30.4. The number of benzene rings is 2. The summed E-state index contributed by atoms with van der Waals surface area (Å²) in [6.07, 6.45) is 1.58. The van der Waals surface area contributed by atoms with E-state index in [1.165, 1.54) is 14.1 Å². The zero-order valence-corrected chi connectivity index (χ0v) is 18.4. The maximum atomic E-state index is 12.0. The lowest BCUT2D eigenvalue weighted by atomic mass is 10.2. The highest BCUT2D eigenvalue weighted by molar-refractivity contribution is 7.87. The Balaban J connectivity index is 2.21. The number of halogens is 3. The van der Waals surface area contributed by atoms with E-state index < -0.39 is 10.2 Å².